The predicted molar refractivity (Wildman–Crippen MR) is 92.3 cm³/mol. The summed E-state index contributed by atoms with van der Waals surface area (Å²) in [7, 11) is 1.79. The highest BCUT2D eigenvalue weighted by Gasteiger charge is 2.07. The Labute approximate surface area is 140 Å². The highest BCUT2D eigenvalue weighted by Crippen LogP contribution is 2.26. The van der Waals surface area contributed by atoms with E-state index in [1.165, 1.54) is 0 Å². The molecule has 0 amide bonds. The van der Waals surface area contributed by atoms with Gasteiger partial charge in [-0.1, -0.05) is 41.4 Å². The van der Waals surface area contributed by atoms with Gasteiger partial charge in [-0.25, -0.2) is 0 Å². The summed E-state index contributed by atoms with van der Waals surface area (Å²) in [5, 5.41) is 12.0. The lowest BCUT2D eigenvalue weighted by Crippen LogP contribution is -2.01. The summed E-state index contributed by atoms with van der Waals surface area (Å²) in [5.41, 5.74) is 1.92. The van der Waals surface area contributed by atoms with Crippen molar-refractivity contribution in [3.8, 4) is 5.75 Å². The average molecular weight is 335 g/mol. The van der Waals surface area contributed by atoms with Gasteiger partial charge in [-0.05, 0) is 36.5 Å². The molecule has 0 bridgehead atoms. The number of ether oxygens (including phenoxy) is 1. The Bertz CT molecular complexity index is 679. The van der Waals surface area contributed by atoms with Crippen LogP contribution in [0.15, 0.2) is 54.7 Å². The average Bonchev–Trinajstić information content (AvgIpc) is 2.52. The van der Waals surface area contributed by atoms with E-state index in [-0.39, 0.29) is 6.61 Å². The second-order valence-electron chi connectivity index (χ2n) is 4.55. The highest BCUT2D eigenvalue weighted by molar-refractivity contribution is 6.35. The molecular weight excluding hydrogens is 319 g/mol. The normalized spacial score (nSPS) is 10.7. The largest absolute Gasteiger partial charge is 0.489 e. The first-order chi connectivity index (χ1) is 10.6. The van der Waals surface area contributed by atoms with Crippen LogP contribution in [-0.2, 0) is 6.61 Å². The van der Waals surface area contributed by atoms with E-state index in [0.717, 1.165) is 11.1 Å². The Kier molecular flexibility index (Phi) is 5.87. The van der Waals surface area contributed by atoms with Gasteiger partial charge in [-0.2, -0.15) is 0 Å². The van der Waals surface area contributed by atoms with Crippen molar-refractivity contribution in [1.82, 2.24) is 5.32 Å². The fourth-order valence-electron chi connectivity index (χ4n) is 1.84. The van der Waals surface area contributed by atoms with Crippen LogP contribution in [0, 0.1) is 5.41 Å². The first-order valence-electron chi connectivity index (χ1n) is 6.70. The molecule has 0 heterocycles. The lowest BCUT2D eigenvalue weighted by atomic mass is 10.1. The molecule has 0 aromatic heterocycles. The number of allylic oxidation sites excluding steroid dienone is 1. The summed E-state index contributed by atoms with van der Waals surface area (Å²) >= 11 is 12.2. The molecule has 5 heteroatoms. The standard InChI is InChI=1S/C17H16Cl2N2O/c1-21-9-8-17(20)12-4-2-5-13(10-12)22-11-14-15(18)6-3-7-16(14)19/h2-10,20-21H,11H2,1H3/b9-8-,20-17?. The van der Waals surface area contributed by atoms with Crippen molar-refractivity contribution in [1.29, 1.82) is 5.41 Å². The van der Waals surface area contributed by atoms with Gasteiger partial charge in [0.2, 0.25) is 0 Å². The second kappa shape index (κ2) is 7.87. The lowest BCUT2D eigenvalue weighted by molar-refractivity contribution is 0.306. The number of hydrogen-bond acceptors (Lipinski definition) is 3. The van der Waals surface area contributed by atoms with Gasteiger partial charge < -0.3 is 15.5 Å². The molecule has 2 rings (SSSR count). The van der Waals surface area contributed by atoms with Crippen molar-refractivity contribution in [2.24, 2.45) is 0 Å². The van der Waals surface area contributed by atoms with Gasteiger partial charge >= 0.3 is 0 Å². The summed E-state index contributed by atoms with van der Waals surface area (Å²) in [5.74, 6) is 0.663. The summed E-state index contributed by atoms with van der Waals surface area (Å²) in [6, 6.07) is 12.7. The van der Waals surface area contributed by atoms with Crippen molar-refractivity contribution in [2.45, 2.75) is 6.61 Å². The van der Waals surface area contributed by atoms with Gasteiger partial charge in [-0.3, -0.25) is 0 Å². The smallest absolute Gasteiger partial charge is 0.120 e. The molecule has 3 nitrogen and oxygen atoms in total. The van der Waals surface area contributed by atoms with Crippen LogP contribution in [0.5, 0.6) is 5.75 Å². The fraction of sp³-hybridized carbons (Fsp3) is 0.118. The molecule has 0 atom stereocenters. The Morgan fingerprint density at radius 1 is 1.18 bits per heavy atom. The Morgan fingerprint density at radius 2 is 1.86 bits per heavy atom. The molecule has 2 aromatic rings. The van der Waals surface area contributed by atoms with Crippen molar-refractivity contribution >= 4 is 28.9 Å². The van der Waals surface area contributed by atoms with Crippen LogP contribution in [0.1, 0.15) is 11.1 Å². The molecule has 0 spiro atoms. The van der Waals surface area contributed by atoms with Crippen LogP contribution < -0.4 is 10.1 Å². The Hall–Kier alpha value is -1.97. The maximum absolute atomic E-state index is 7.97. The monoisotopic (exact) mass is 334 g/mol. The zero-order valence-corrected chi connectivity index (χ0v) is 13.6. The molecule has 22 heavy (non-hydrogen) atoms. The van der Waals surface area contributed by atoms with E-state index in [1.807, 2.05) is 24.3 Å². The van der Waals surface area contributed by atoms with Gasteiger partial charge in [0.1, 0.15) is 12.4 Å². The molecule has 0 saturated heterocycles. The van der Waals surface area contributed by atoms with Gasteiger partial charge in [0.05, 0.1) is 5.71 Å². The third-order valence-electron chi connectivity index (χ3n) is 3.01. The molecule has 2 N–H and O–H groups in total. The van der Waals surface area contributed by atoms with E-state index in [0.29, 0.717) is 21.5 Å². The van der Waals surface area contributed by atoms with E-state index in [9.17, 15) is 0 Å². The molecular formula is C17H16Cl2N2O. The van der Waals surface area contributed by atoms with Crippen LogP contribution >= 0.6 is 23.2 Å². The minimum Gasteiger partial charge on any atom is -0.489 e. The van der Waals surface area contributed by atoms with Crippen LogP contribution in [-0.4, -0.2) is 12.8 Å². The summed E-state index contributed by atoms with van der Waals surface area (Å²) in [6.07, 6.45) is 3.39. The predicted octanol–water partition coefficient (Wildman–Crippen LogP) is 4.67. The number of hydrogen-bond donors (Lipinski definition) is 2. The molecule has 0 aliphatic rings. The number of halogens is 2. The van der Waals surface area contributed by atoms with Crippen molar-refractivity contribution in [3.05, 3.63) is 75.9 Å². The van der Waals surface area contributed by atoms with Crippen molar-refractivity contribution in [2.75, 3.05) is 7.05 Å². The van der Waals surface area contributed by atoms with E-state index in [1.54, 1.807) is 37.5 Å². The van der Waals surface area contributed by atoms with E-state index in [2.05, 4.69) is 5.32 Å². The van der Waals surface area contributed by atoms with Crippen molar-refractivity contribution in [3.63, 3.8) is 0 Å². The van der Waals surface area contributed by atoms with Gasteiger partial charge in [0, 0.05) is 28.2 Å². The first kappa shape index (κ1) is 16.4. The zero-order valence-electron chi connectivity index (χ0n) is 12.1. The van der Waals surface area contributed by atoms with Crippen LogP contribution in [0.4, 0.5) is 0 Å². The minimum atomic E-state index is 0.279. The third kappa shape index (κ3) is 4.26. The molecule has 0 aliphatic carbocycles. The Morgan fingerprint density at radius 3 is 2.55 bits per heavy atom. The molecule has 0 fully saturated rings. The highest BCUT2D eigenvalue weighted by atomic mass is 35.5. The van der Waals surface area contributed by atoms with Crippen molar-refractivity contribution < 1.29 is 4.74 Å². The maximum Gasteiger partial charge on any atom is 0.120 e. The van der Waals surface area contributed by atoms with Gasteiger partial charge in [0.15, 0.2) is 0 Å². The van der Waals surface area contributed by atoms with E-state index >= 15 is 0 Å². The summed E-state index contributed by atoms with van der Waals surface area (Å²) in [6.45, 7) is 0.279. The lowest BCUT2D eigenvalue weighted by Gasteiger charge is -2.10. The van der Waals surface area contributed by atoms with Gasteiger partial charge in [-0.15, -0.1) is 0 Å². The quantitative estimate of drug-likeness (QED) is 0.753. The molecule has 2 aromatic carbocycles. The SMILES string of the molecule is CN/C=C\C(=N)c1cccc(OCc2c(Cl)cccc2Cl)c1. The Balaban J connectivity index is 2.11. The number of rotatable bonds is 6. The molecule has 0 unspecified atom stereocenters. The third-order valence-corrected chi connectivity index (χ3v) is 3.71. The summed E-state index contributed by atoms with van der Waals surface area (Å²) in [4.78, 5) is 0. The number of nitrogens with one attached hydrogen (secondary N) is 2. The maximum atomic E-state index is 7.97. The van der Waals surface area contributed by atoms with Gasteiger partial charge in [0.25, 0.3) is 0 Å². The molecule has 0 aliphatic heterocycles. The van der Waals surface area contributed by atoms with Crippen LogP contribution in [0.2, 0.25) is 10.0 Å². The van der Waals surface area contributed by atoms with Crippen LogP contribution in [0.25, 0.3) is 0 Å². The molecule has 0 radical (unpaired) electrons. The van der Waals surface area contributed by atoms with Crippen LogP contribution in [0.3, 0.4) is 0 Å². The molecule has 114 valence electrons. The molecule has 0 saturated carbocycles. The second-order valence-corrected chi connectivity index (χ2v) is 5.37. The first-order valence-corrected chi connectivity index (χ1v) is 7.46. The zero-order chi connectivity index (χ0) is 15.9. The van der Waals surface area contributed by atoms with E-state index < -0.39 is 0 Å². The fourth-order valence-corrected chi connectivity index (χ4v) is 2.35. The number of benzene rings is 2. The summed E-state index contributed by atoms with van der Waals surface area (Å²) < 4.78 is 5.74. The minimum absolute atomic E-state index is 0.279. The topological polar surface area (TPSA) is 45.1 Å². The van der Waals surface area contributed by atoms with E-state index in [4.69, 9.17) is 33.3 Å².